The highest BCUT2D eigenvalue weighted by atomic mass is 32.2. The molecule has 2 rings (SSSR count). The molecular formula is C13H16N2O3S. The number of methoxy groups -OCH3 is 1. The fourth-order valence-electron chi connectivity index (χ4n) is 1.95. The van der Waals surface area contributed by atoms with Crippen LogP contribution in [0.1, 0.15) is 19.8 Å². The summed E-state index contributed by atoms with van der Waals surface area (Å²) in [6, 6.07) is 8.16. The molecule has 1 aromatic rings. The Bertz CT molecular complexity index is 600. The monoisotopic (exact) mass is 280 g/mol. The maximum absolute atomic E-state index is 12.2. The molecule has 19 heavy (non-hydrogen) atoms. The zero-order chi connectivity index (χ0) is 14.1. The van der Waals surface area contributed by atoms with Gasteiger partial charge in [-0.05, 0) is 49.9 Å². The van der Waals surface area contributed by atoms with Gasteiger partial charge >= 0.3 is 0 Å². The molecule has 1 atom stereocenters. The first-order valence-corrected chi connectivity index (χ1v) is 7.49. The lowest BCUT2D eigenvalue weighted by Gasteiger charge is -2.22. The van der Waals surface area contributed by atoms with E-state index < -0.39 is 15.6 Å². The Morgan fingerprint density at radius 2 is 1.95 bits per heavy atom. The molecule has 0 aromatic heterocycles. The first-order valence-electron chi connectivity index (χ1n) is 6.00. The SMILES string of the molecule is COc1ccc(S(=O)(=O)N[C@](C)(C#N)C2CC2)cc1. The number of sulfonamides is 1. The molecule has 0 aliphatic heterocycles. The van der Waals surface area contributed by atoms with E-state index in [2.05, 4.69) is 10.8 Å². The quantitative estimate of drug-likeness (QED) is 0.889. The van der Waals surface area contributed by atoms with E-state index in [0.29, 0.717) is 5.75 Å². The predicted octanol–water partition coefficient (Wildman–Crippen LogP) is 1.67. The van der Waals surface area contributed by atoms with E-state index >= 15 is 0 Å². The van der Waals surface area contributed by atoms with Crippen molar-refractivity contribution in [3.05, 3.63) is 24.3 Å². The molecule has 1 aliphatic carbocycles. The Labute approximate surface area is 113 Å². The molecule has 1 aliphatic rings. The van der Waals surface area contributed by atoms with Gasteiger partial charge in [0.25, 0.3) is 0 Å². The molecule has 6 heteroatoms. The lowest BCUT2D eigenvalue weighted by atomic mass is 10.0. The lowest BCUT2D eigenvalue weighted by Crippen LogP contribution is -2.46. The van der Waals surface area contributed by atoms with Crippen molar-refractivity contribution in [1.82, 2.24) is 4.72 Å². The van der Waals surface area contributed by atoms with Crippen molar-refractivity contribution in [3.8, 4) is 11.8 Å². The van der Waals surface area contributed by atoms with Crippen molar-refractivity contribution in [1.29, 1.82) is 5.26 Å². The van der Waals surface area contributed by atoms with Crippen LogP contribution in [0.15, 0.2) is 29.2 Å². The summed E-state index contributed by atoms with van der Waals surface area (Å²) in [6.45, 7) is 1.63. The van der Waals surface area contributed by atoms with Crippen LogP contribution in [0.3, 0.4) is 0 Å². The van der Waals surface area contributed by atoms with Gasteiger partial charge in [0.15, 0.2) is 0 Å². The highest BCUT2D eigenvalue weighted by Gasteiger charge is 2.44. The molecule has 102 valence electrons. The Kier molecular flexibility index (Phi) is 3.52. The average molecular weight is 280 g/mol. The molecule has 1 fully saturated rings. The van der Waals surface area contributed by atoms with Gasteiger partial charge < -0.3 is 4.74 Å². The van der Waals surface area contributed by atoms with Gasteiger partial charge in [0, 0.05) is 0 Å². The second kappa shape index (κ2) is 4.83. The van der Waals surface area contributed by atoms with Crippen LogP contribution in [0.4, 0.5) is 0 Å². The summed E-state index contributed by atoms with van der Waals surface area (Å²) in [5, 5.41) is 9.19. The maximum Gasteiger partial charge on any atom is 0.241 e. The number of rotatable bonds is 5. The van der Waals surface area contributed by atoms with Crippen molar-refractivity contribution in [3.63, 3.8) is 0 Å². The molecule has 0 saturated heterocycles. The normalized spacial score (nSPS) is 18.4. The molecule has 1 N–H and O–H groups in total. The third kappa shape index (κ3) is 2.88. The predicted molar refractivity (Wildman–Crippen MR) is 70.1 cm³/mol. The molecule has 0 bridgehead atoms. The van der Waals surface area contributed by atoms with Crippen LogP contribution in [0, 0.1) is 17.2 Å². The van der Waals surface area contributed by atoms with E-state index in [1.165, 1.54) is 19.2 Å². The molecular weight excluding hydrogens is 264 g/mol. The van der Waals surface area contributed by atoms with Crippen LogP contribution < -0.4 is 9.46 Å². The van der Waals surface area contributed by atoms with Crippen LogP contribution in [-0.2, 0) is 10.0 Å². The smallest absolute Gasteiger partial charge is 0.241 e. The zero-order valence-electron chi connectivity index (χ0n) is 10.9. The minimum atomic E-state index is -3.69. The third-order valence-corrected chi connectivity index (χ3v) is 4.93. The summed E-state index contributed by atoms with van der Waals surface area (Å²) in [5.41, 5.74) is -1.03. The second-order valence-corrected chi connectivity index (χ2v) is 6.55. The van der Waals surface area contributed by atoms with Crippen LogP contribution in [0.5, 0.6) is 5.75 Å². The number of hydrogen-bond donors (Lipinski definition) is 1. The summed E-state index contributed by atoms with van der Waals surface area (Å²) in [6.07, 6.45) is 1.77. The van der Waals surface area contributed by atoms with Crippen molar-refractivity contribution in [2.75, 3.05) is 7.11 Å². The number of nitriles is 1. The van der Waals surface area contributed by atoms with E-state index in [-0.39, 0.29) is 10.8 Å². The standard InChI is InChI=1S/C13H16N2O3S/c1-13(9-14,10-3-4-10)15-19(16,17)12-7-5-11(18-2)6-8-12/h5-8,10,15H,3-4H2,1-2H3/t13-/m1/s1. The zero-order valence-corrected chi connectivity index (χ0v) is 11.7. The van der Waals surface area contributed by atoms with Crippen molar-refractivity contribution < 1.29 is 13.2 Å². The highest BCUT2D eigenvalue weighted by Crippen LogP contribution is 2.39. The maximum atomic E-state index is 12.2. The van der Waals surface area contributed by atoms with Gasteiger partial charge in [-0.2, -0.15) is 9.98 Å². The van der Waals surface area contributed by atoms with Gasteiger partial charge in [-0.1, -0.05) is 0 Å². The molecule has 0 heterocycles. The Morgan fingerprint density at radius 3 is 2.37 bits per heavy atom. The van der Waals surface area contributed by atoms with Crippen LogP contribution in [0.25, 0.3) is 0 Å². The highest BCUT2D eigenvalue weighted by molar-refractivity contribution is 7.89. The first kappa shape index (κ1) is 13.8. The van der Waals surface area contributed by atoms with Crippen molar-refractivity contribution in [2.24, 2.45) is 5.92 Å². The summed E-state index contributed by atoms with van der Waals surface area (Å²) < 4.78 is 32.0. The average Bonchev–Trinajstić information content (AvgIpc) is 3.23. The fraction of sp³-hybridized carbons (Fsp3) is 0.462. The number of ether oxygens (including phenoxy) is 1. The summed E-state index contributed by atoms with van der Waals surface area (Å²) >= 11 is 0. The van der Waals surface area contributed by atoms with Gasteiger partial charge in [-0.3, -0.25) is 0 Å². The Morgan fingerprint density at radius 1 is 1.37 bits per heavy atom. The number of hydrogen-bond acceptors (Lipinski definition) is 4. The van der Waals surface area contributed by atoms with Crippen molar-refractivity contribution >= 4 is 10.0 Å². The third-order valence-electron chi connectivity index (χ3n) is 3.34. The van der Waals surface area contributed by atoms with E-state index in [4.69, 9.17) is 4.74 Å². The van der Waals surface area contributed by atoms with Gasteiger partial charge in [0.2, 0.25) is 10.0 Å². The molecule has 0 radical (unpaired) electrons. The fourth-order valence-corrected chi connectivity index (χ4v) is 3.33. The van der Waals surface area contributed by atoms with Crippen LogP contribution in [-0.4, -0.2) is 21.1 Å². The van der Waals surface area contributed by atoms with Crippen LogP contribution in [0.2, 0.25) is 0 Å². The minimum Gasteiger partial charge on any atom is -0.497 e. The Hall–Kier alpha value is -1.58. The van der Waals surface area contributed by atoms with E-state index in [0.717, 1.165) is 12.8 Å². The largest absolute Gasteiger partial charge is 0.497 e. The molecule has 0 spiro atoms. The van der Waals surface area contributed by atoms with Gasteiger partial charge in [-0.25, -0.2) is 8.42 Å². The van der Waals surface area contributed by atoms with E-state index in [1.807, 2.05) is 0 Å². The number of nitrogens with zero attached hydrogens (tertiary/aromatic N) is 1. The number of nitrogens with one attached hydrogen (secondary N) is 1. The van der Waals surface area contributed by atoms with E-state index in [1.54, 1.807) is 19.1 Å². The van der Waals surface area contributed by atoms with E-state index in [9.17, 15) is 13.7 Å². The first-order chi connectivity index (χ1) is 8.91. The molecule has 1 saturated carbocycles. The Balaban J connectivity index is 2.24. The lowest BCUT2D eigenvalue weighted by molar-refractivity contribution is 0.414. The summed E-state index contributed by atoms with van der Waals surface area (Å²) in [7, 11) is -2.17. The molecule has 0 unspecified atom stereocenters. The number of benzene rings is 1. The van der Waals surface area contributed by atoms with Crippen molar-refractivity contribution in [2.45, 2.75) is 30.2 Å². The molecule has 5 nitrogen and oxygen atoms in total. The van der Waals surface area contributed by atoms with Gasteiger partial charge in [0.1, 0.15) is 11.3 Å². The summed E-state index contributed by atoms with van der Waals surface area (Å²) in [4.78, 5) is 0.135. The van der Waals surface area contributed by atoms with Gasteiger partial charge in [0.05, 0.1) is 18.1 Å². The van der Waals surface area contributed by atoms with Crippen LogP contribution >= 0.6 is 0 Å². The topological polar surface area (TPSA) is 79.2 Å². The minimum absolute atomic E-state index is 0.102. The summed E-state index contributed by atoms with van der Waals surface area (Å²) in [5.74, 6) is 0.690. The molecule has 0 amide bonds. The molecule has 1 aromatic carbocycles. The second-order valence-electron chi connectivity index (χ2n) is 4.87. The van der Waals surface area contributed by atoms with Gasteiger partial charge in [-0.15, -0.1) is 0 Å².